The molecule has 0 aliphatic carbocycles. The molecule has 1 fully saturated rings. The van der Waals surface area contributed by atoms with E-state index in [4.69, 9.17) is 5.73 Å². The highest BCUT2D eigenvalue weighted by atomic mass is 32.2. The van der Waals surface area contributed by atoms with Gasteiger partial charge in [0.25, 0.3) is 10.0 Å². The Bertz CT molecular complexity index is 490. The number of aryl methyl sites for hydroxylation is 2. The van der Waals surface area contributed by atoms with Crippen LogP contribution in [0.5, 0.6) is 0 Å². The second kappa shape index (κ2) is 3.28. The van der Waals surface area contributed by atoms with Crippen LogP contribution < -0.4 is 5.73 Å². The number of nitrogens with zero attached hydrogens (tertiary/aromatic N) is 3. The Morgan fingerprint density at radius 1 is 1.50 bits per heavy atom. The van der Waals surface area contributed by atoms with Gasteiger partial charge in [0.1, 0.15) is 5.82 Å². The molecule has 0 spiro atoms. The van der Waals surface area contributed by atoms with Gasteiger partial charge in [-0.05, 0) is 13.8 Å². The fourth-order valence-corrected chi connectivity index (χ4v) is 3.45. The molecule has 1 saturated heterocycles. The van der Waals surface area contributed by atoms with E-state index < -0.39 is 15.6 Å². The van der Waals surface area contributed by atoms with Crippen molar-refractivity contribution in [2.75, 3.05) is 13.1 Å². The molecule has 2 N–H and O–H groups in total. The Morgan fingerprint density at radius 2 is 2.06 bits per heavy atom. The molecule has 2 heterocycles. The van der Waals surface area contributed by atoms with Crippen LogP contribution in [-0.2, 0) is 17.1 Å². The summed E-state index contributed by atoms with van der Waals surface area (Å²) in [7, 11) is -1.69. The summed E-state index contributed by atoms with van der Waals surface area (Å²) in [5.41, 5.74) is 5.38. The van der Waals surface area contributed by atoms with Crippen LogP contribution in [0.15, 0.2) is 11.2 Å². The number of aromatic nitrogens is 2. The van der Waals surface area contributed by atoms with Crippen molar-refractivity contribution in [1.29, 1.82) is 0 Å². The maximum absolute atomic E-state index is 12.1. The van der Waals surface area contributed by atoms with Crippen molar-refractivity contribution in [3.8, 4) is 0 Å². The van der Waals surface area contributed by atoms with Gasteiger partial charge in [0.2, 0.25) is 0 Å². The van der Waals surface area contributed by atoms with Gasteiger partial charge in [-0.25, -0.2) is 13.4 Å². The zero-order valence-electron chi connectivity index (χ0n) is 9.64. The second-order valence-corrected chi connectivity index (χ2v) is 6.55. The Kier molecular flexibility index (Phi) is 2.37. The van der Waals surface area contributed by atoms with Crippen LogP contribution in [0.3, 0.4) is 0 Å². The molecule has 0 aromatic carbocycles. The number of sulfonamides is 1. The van der Waals surface area contributed by atoms with Crippen molar-refractivity contribution in [3.05, 3.63) is 12.0 Å². The van der Waals surface area contributed by atoms with Crippen molar-refractivity contribution in [2.45, 2.75) is 24.4 Å². The van der Waals surface area contributed by atoms with E-state index in [1.165, 1.54) is 10.5 Å². The van der Waals surface area contributed by atoms with E-state index in [-0.39, 0.29) is 5.03 Å². The van der Waals surface area contributed by atoms with Crippen molar-refractivity contribution >= 4 is 10.0 Å². The first-order chi connectivity index (χ1) is 7.22. The molecule has 2 rings (SSSR count). The average molecular weight is 244 g/mol. The molecular formula is C9H16N4O2S. The first-order valence-corrected chi connectivity index (χ1v) is 6.45. The van der Waals surface area contributed by atoms with Gasteiger partial charge >= 0.3 is 0 Å². The molecule has 1 aliphatic rings. The van der Waals surface area contributed by atoms with Gasteiger partial charge < -0.3 is 10.3 Å². The lowest BCUT2D eigenvalue weighted by atomic mass is 9.97. The summed E-state index contributed by atoms with van der Waals surface area (Å²) < 4.78 is 27.2. The van der Waals surface area contributed by atoms with E-state index in [2.05, 4.69) is 4.98 Å². The fourth-order valence-electron chi connectivity index (χ4n) is 1.71. The van der Waals surface area contributed by atoms with Crippen LogP contribution in [0.2, 0.25) is 0 Å². The molecule has 1 aromatic rings. The third kappa shape index (κ3) is 1.74. The quantitative estimate of drug-likeness (QED) is 0.757. The van der Waals surface area contributed by atoms with E-state index in [1.54, 1.807) is 18.5 Å². The second-order valence-electron chi connectivity index (χ2n) is 4.66. The zero-order valence-corrected chi connectivity index (χ0v) is 10.5. The van der Waals surface area contributed by atoms with E-state index in [9.17, 15) is 8.42 Å². The van der Waals surface area contributed by atoms with Crippen LogP contribution in [0.4, 0.5) is 0 Å². The van der Waals surface area contributed by atoms with Crippen molar-refractivity contribution in [2.24, 2.45) is 12.8 Å². The monoisotopic (exact) mass is 244 g/mol. The third-order valence-electron chi connectivity index (χ3n) is 2.77. The number of hydrogen-bond donors (Lipinski definition) is 1. The van der Waals surface area contributed by atoms with E-state index >= 15 is 0 Å². The normalized spacial score (nSPS) is 20.8. The highest BCUT2D eigenvalue weighted by molar-refractivity contribution is 7.89. The van der Waals surface area contributed by atoms with E-state index in [0.29, 0.717) is 18.9 Å². The molecule has 0 radical (unpaired) electrons. The topological polar surface area (TPSA) is 81.2 Å². The maximum Gasteiger partial charge on any atom is 0.262 e. The van der Waals surface area contributed by atoms with Gasteiger partial charge in [-0.15, -0.1) is 0 Å². The van der Waals surface area contributed by atoms with E-state index in [1.807, 2.05) is 6.92 Å². The Hall–Kier alpha value is -0.920. The minimum absolute atomic E-state index is 0.100. The average Bonchev–Trinajstić information content (AvgIpc) is 2.43. The minimum atomic E-state index is -3.45. The maximum atomic E-state index is 12.1. The molecule has 0 unspecified atom stereocenters. The highest BCUT2D eigenvalue weighted by Gasteiger charge is 2.43. The lowest BCUT2D eigenvalue weighted by Crippen LogP contribution is -2.66. The number of rotatable bonds is 2. The highest BCUT2D eigenvalue weighted by Crippen LogP contribution is 2.25. The Morgan fingerprint density at radius 3 is 2.44 bits per heavy atom. The van der Waals surface area contributed by atoms with Gasteiger partial charge in [-0.1, -0.05) is 0 Å². The third-order valence-corrected chi connectivity index (χ3v) is 4.43. The standard InChI is InChI=1S/C9H16N4O2S/c1-7-11-8(4-12(7)3)16(14,15)13-5-9(2,10)6-13/h4H,5-6,10H2,1-3H3. The SMILES string of the molecule is Cc1nc(S(=O)(=O)N2CC(C)(N)C2)cn1C. The van der Waals surface area contributed by atoms with Gasteiger partial charge in [-0.2, -0.15) is 4.31 Å². The Balaban J connectivity index is 2.27. The molecule has 1 aliphatic heterocycles. The summed E-state index contributed by atoms with van der Waals surface area (Å²) in [6.07, 6.45) is 1.52. The van der Waals surface area contributed by atoms with Crippen molar-refractivity contribution in [3.63, 3.8) is 0 Å². The number of hydrogen-bond acceptors (Lipinski definition) is 4. The molecule has 0 saturated carbocycles. The molecular weight excluding hydrogens is 228 g/mol. The smallest absolute Gasteiger partial charge is 0.262 e. The molecule has 7 heteroatoms. The molecule has 0 bridgehead atoms. The van der Waals surface area contributed by atoms with Gasteiger partial charge in [0, 0.05) is 31.9 Å². The first kappa shape index (κ1) is 11.6. The summed E-state index contributed by atoms with van der Waals surface area (Å²) in [5.74, 6) is 0.676. The van der Waals surface area contributed by atoms with Gasteiger partial charge in [0.05, 0.1) is 0 Å². The van der Waals surface area contributed by atoms with Crippen LogP contribution in [0.25, 0.3) is 0 Å². The molecule has 90 valence electrons. The molecule has 0 amide bonds. The van der Waals surface area contributed by atoms with Crippen LogP contribution in [0.1, 0.15) is 12.7 Å². The molecule has 16 heavy (non-hydrogen) atoms. The van der Waals surface area contributed by atoms with E-state index in [0.717, 1.165) is 0 Å². The summed E-state index contributed by atoms with van der Waals surface area (Å²) in [5, 5.41) is 0.100. The van der Waals surface area contributed by atoms with Crippen LogP contribution in [-0.4, -0.2) is 40.9 Å². The zero-order chi connectivity index (χ0) is 12.1. The molecule has 0 atom stereocenters. The molecule has 6 nitrogen and oxygen atoms in total. The van der Waals surface area contributed by atoms with Crippen LogP contribution >= 0.6 is 0 Å². The van der Waals surface area contributed by atoms with Gasteiger partial charge in [-0.3, -0.25) is 0 Å². The predicted molar refractivity (Wildman–Crippen MR) is 59.3 cm³/mol. The van der Waals surface area contributed by atoms with Gasteiger partial charge in [0.15, 0.2) is 5.03 Å². The summed E-state index contributed by atoms with van der Waals surface area (Å²) >= 11 is 0. The summed E-state index contributed by atoms with van der Waals surface area (Å²) in [6, 6.07) is 0. The number of imidazole rings is 1. The Labute approximate surface area is 95.1 Å². The largest absolute Gasteiger partial charge is 0.337 e. The number of nitrogens with two attached hydrogens (primary N) is 1. The fraction of sp³-hybridized carbons (Fsp3) is 0.667. The lowest BCUT2D eigenvalue weighted by Gasteiger charge is -2.43. The summed E-state index contributed by atoms with van der Waals surface area (Å²) in [6.45, 7) is 4.31. The predicted octanol–water partition coefficient (Wildman–Crippen LogP) is -0.550. The summed E-state index contributed by atoms with van der Waals surface area (Å²) in [4.78, 5) is 4.03. The minimum Gasteiger partial charge on any atom is -0.337 e. The first-order valence-electron chi connectivity index (χ1n) is 5.01. The van der Waals surface area contributed by atoms with Crippen molar-refractivity contribution in [1.82, 2.24) is 13.9 Å². The molecule has 1 aromatic heterocycles. The van der Waals surface area contributed by atoms with Crippen molar-refractivity contribution < 1.29 is 8.42 Å². The van der Waals surface area contributed by atoms with Crippen LogP contribution in [0, 0.1) is 6.92 Å². The lowest BCUT2D eigenvalue weighted by molar-refractivity contribution is 0.176.